The highest BCUT2D eigenvalue weighted by Gasteiger charge is 2.31. The highest BCUT2D eigenvalue weighted by molar-refractivity contribution is 5.82. The van der Waals surface area contributed by atoms with Gasteiger partial charge >= 0.3 is 0 Å². The third-order valence-electron chi connectivity index (χ3n) is 4.41. The number of carbonyl (C=O) groups is 1. The molecule has 18 heavy (non-hydrogen) atoms. The van der Waals surface area contributed by atoms with Crippen LogP contribution in [0.15, 0.2) is 0 Å². The van der Waals surface area contributed by atoms with Crippen LogP contribution in [0.1, 0.15) is 51.9 Å². The summed E-state index contributed by atoms with van der Waals surface area (Å²) in [5.41, 5.74) is 0. The molecule has 0 radical (unpaired) electrons. The Bertz CT molecular complexity index is 277. The second-order valence-corrected chi connectivity index (χ2v) is 5.77. The fraction of sp³-hybridized carbons (Fsp3) is 0.929. The van der Waals surface area contributed by atoms with Crippen molar-refractivity contribution in [3.63, 3.8) is 0 Å². The van der Waals surface area contributed by atoms with Gasteiger partial charge in [-0.1, -0.05) is 26.2 Å². The molecule has 1 heterocycles. The first-order valence-corrected chi connectivity index (χ1v) is 7.42. The lowest BCUT2D eigenvalue weighted by Crippen LogP contribution is -2.48. The van der Waals surface area contributed by atoms with E-state index in [0.717, 1.165) is 6.42 Å². The Labute approximate surface area is 110 Å². The summed E-state index contributed by atoms with van der Waals surface area (Å²) in [6.45, 7) is 2.69. The van der Waals surface area contributed by atoms with E-state index in [1.54, 1.807) is 0 Å². The van der Waals surface area contributed by atoms with Crippen molar-refractivity contribution < 1.29 is 9.90 Å². The third-order valence-corrected chi connectivity index (χ3v) is 4.41. The molecule has 4 heteroatoms. The fourth-order valence-corrected chi connectivity index (χ4v) is 3.29. The van der Waals surface area contributed by atoms with Crippen molar-refractivity contribution in [3.8, 4) is 0 Å². The Morgan fingerprint density at radius 1 is 1.39 bits per heavy atom. The Morgan fingerprint density at radius 2 is 2.11 bits per heavy atom. The first-order chi connectivity index (χ1) is 8.70. The van der Waals surface area contributed by atoms with Crippen molar-refractivity contribution in [1.82, 2.24) is 10.6 Å². The van der Waals surface area contributed by atoms with Gasteiger partial charge in [0.1, 0.15) is 0 Å². The summed E-state index contributed by atoms with van der Waals surface area (Å²) in [7, 11) is 0. The molecule has 0 aromatic rings. The minimum atomic E-state index is -0.365. The third kappa shape index (κ3) is 3.45. The number of hydrogen-bond acceptors (Lipinski definition) is 3. The first-order valence-electron chi connectivity index (χ1n) is 7.42. The lowest BCUT2D eigenvalue weighted by molar-refractivity contribution is -0.124. The lowest BCUT2D eigenvalue weighted by atomic mass is 9.83. The van der Waals surface area contributed by atoms with Crippen LogP contribution in [0.4, 0.5) is 0 Å². The molecule has 3 unspecified atom stereocenters. The zero-order valence-electron chi connectivity index (χ0n) is 11.3. The molecular formula is C14H26N2O2. The van der Waals surface area contributed by atoms with Crippen LogP contribution in [0.5, 0.6) is 0 Å². The van der Waals surface area contributed by atoms with E-state index < -0.39 is 0 Å². The van der Waals surface area contributed by atoms with Gasteiger partial charge in [0.25, 0.3) is 0 Å². The van der Waals surface area contributed by atoms with Crippen LogP contribution in [0, 0.1) is 5.92 Å². The second kappa shape index (κ2) is 6.53. The molecule has 2 fully saturated rings. The molecule has 3 atom stereocenters. The maximum Gasteiger partial charge on any atom is 0.237 e. The van der Waals surface area contributed by atoms with E-state index >= 15 is 0 Å². The molecule has 1 aliphatic carbocycles. The number of aliphatic hydroxyl groups is 1. The molecule has 104 valence electrons. The normalized spacial score (nSPS) is 31.2. The maximum atomic E-state index is 12.1. The van der Waals surface area contributed by atoms with Gasteiger partial charge in [-0.15, -0.1) is 0 Å². The van der Waals surface area contributed by atoms with Crippen LogP contribution in [-0.2, 0) is 4.79 Å². The summed E-state index contributed by atoms with van der Waals surface area (Å²) >= 11 is 0. The molecule has 1 saturated carbocycles. The molecule has 2 aliphatic rings. The standard InChI is InChI=1S/C14H26N2O2/c1-2-12(10-6-4-3-5-7-10)16-14(18)13-8-11(17)9-15-13/h10-13,15,17H,2-9H2,1H3,(H,16,18). The smallest absolute Gasteiger partial charge is 0.237 e. The van der Waals surface area contributed by atoms with E-state index in [0.29, 0.717) is 24.9 Å². The van der Waals surface area contributed by atoms with E-state index in [1.807, 2.05) is 0 Å². The SMILES string of the molecule is CCC(NC(=O)C1CC(O)CN1)C1CCCCC1. The molecule has 3 N–H and O–H groups in total. The molecule has 0 bridgehead atoms. The molecule has 1 saturated heterocycles. The van der Waals surface area contributed by atoms with Crippen LogP contribution < -0.4 is 10.6 Å². The molecule has 1 amide bonds. The quantitative estimate of drug-likeness (QED) is 0.706. The van der Waals surface area contributed by atoms with Gasteiger partial charge in [-0.25, -0.2) is 0 Å². The van der Waals surface area contributed by atoms with Crippen LogP contribution in [0.25, 0.3) is 0 Å². The highest BCUT2D eigenvalue weighted by Crippen LogP contribution is 2.27. The van der Waals surface area contributed by atoms with E-state index in [4.69, 9.17) is 0 Å². The number of carbonyl (C=O) groups excluding carboxylic acids is 1. The van der Waals surface area contributed by atoms with Crippen molar-refractivity contribution in [2.24, 2.45) is 5.92 Å². The van der Waals surface area contributed by atoms with Crippen molar-refractivity contribution in [3.05, 3.63) is 0 Å². The predicted octanol–water partition coefficient (Wildman–Crippen LogP) is 1.18. The van der Waals surface area contributed by atoms with E-state index in [1.165, 1.54) is 32.1 Å². The first kappa shape index (κ1) is 13.8. The Kier molecular flexibility index (Phi) is 5.01. The number of nitrogens with one attached hydrogen (secondary N) is 2. The summed E-state index contributed by atoms with van der Waals surface area (Å²) in [6, 6.07) is 0.120. The summed E-state index contributed by atoms with van der Waals surface area (Å²) in [5.74, 6) is 0.725. The van der Waals surface area contributed by atoms with Crippen LogP contribution >= 0.6 is 0 Å². The summed E-state index contributed by atoms with van der Waals surface area (Å²) in [6.07, 6.45) is 7.64. The van der Waals surface area contributed by atoms with E-state index in [9.17, 15) is 9.90 Å². The van der Waals surface area contributed by atoms with Crippen LogP contribution in [0.2, 0.25) is 0 Å². The van der Waals surface area contributed by atoms with Crippen LogP contribution in [-0.4, -0.2) is 35.7 Å². The Balaban J connectivity index is 1.83. The zero-order chi connectivity index (χ0) is 13.0. The Morgan fingerprint density at radius 3 is 2.67 bits per heavy atom. The van der Waals surface area contributed by atoms with Gasteiger partial charge in [0.2, 0.25) is 5.91 Å². The molecular weight excluding hydrogens is 228 g/mol. The van der Waals surface area contributed by atoms with Gasteiger partial charge in [-0.3, -0.25) is 4.79 Å². The second-order valence-electron chi connectivity index (χ2n) is 5.77. The molecule has 0 spiro atoms. The minimum absolute atomic E-state index is 0.0731. The summed E-state index contributed by atoms with van der Waals surface area (Å²) in [4.78, 5) is 12.1. The van der Waals surface area contributed by atoms with Gasteiger partial charge in [-0.05, 0) is 31.6 Å². The van der Waals surface area contributed by atoms with Crippen molar-refractivity contribution in [2.75, 3.05) is 6.54 Å². The molecule has 0 aromatic carbocycles. The molecule has 2 rings (SSSR count). The number of rotatable bonds is 4. The van der Waals surface area contributed by atoms with Crippen LogP contribution in [0.3, 0.4) is 0 Å². The van der Waals surface area contributed by atoms with E-state index in [2.05, 4.69) is 17.6 Å². The number of β-amino-alcohol motifs (C(OH)–C–C–N with tert-alkyl or cyclic N) is 1. The van der Waals surface area contributed by atoms with Gasteiger partial charge in [-0.2, -0.15) is 0 Å². The summed E-state index contributed by atoms with van der Waals surface area (Å²) < 4.78 is 0. The average Bonchev–Trinajstić information content (AvgIpc) is 2.83. The van der Waals surface area contributed by atoms with Crippen molar-refractivity contribution in [1.29, 1.82) is 0 Å². The monoisotopic (exact) mass is 254 g/mol. The van der Waals surface area contributed by atoms with Gasteiger partial charge in [0.15, 0.2) is 0 Å². The molecule has 1 aliphatic heterocycles. The topological polar surface area (TPSA) is 61.4 Å². The zero-order valence-corrected chi connectivity index (χ0v) is 11.3. The van der Waals surface area contributed by atoms with E-state index in [-0.39, 0.29) is 18.1 Å². The predicted molar refractivity (Wildman–Crippen MR) is 71.2 cm³/mol. The summed E-state index contributed by atoms with van der Waals surface area (Å²) in [5, 5.41) is 15.7. The number of amides is 1. The van der Waals surface area contributed by atoms with Gasteiger partial charge < -0.3 is 15.7 Å². The van der Waals surface area contributed by atoms with Crippen molar-refractivity contribution in [2.45, 2.75) is 70.1 Å². The fourth-order valence-electron chi connectivity index (χ4n) is 3.29. The average molecular weight is 254 g/mol. The van der Waals surface area contributed by atoms with Crippen molar-refractivity contribution >= 4 is 5.91 Å². The molecule has 4 nitrogen and oxygen atoms in total. The lowest BCUT2D eigenvalue weighted by Gasteiger charge is -2.31. The largest absolute Gasteiger partial charge is 0.392 e. The molecule has 0 aromatic heterocycles. The maximum absolute atomic E-state index is 12.1. The van der Waals surface area contributed by atoms with Gasteiger partial charge in [0, 0.05) is 12.6 Å². The highest BCUT2D eigenvalue weighted by atomic mass is 16.3. The minimum Gasteiger partial charge on any atom is -0.392 e. The number of hydrogen-bond donors (Lipinski definition) is 3. The van der Waals surface area contributed by atoms with Gasteiger partial charge in [0.05, 0.1) is 12.1 Å². The Hall–Kier alpha value is -0.610. The number of aliphatic hydroxyl groups excluding tert-OH is 1.